The molecule has 0 spiro atoms. The minimum atomic E-state index is 0.444. The summed E-state index contributed by atoms with van der Waals surface area (Å²) in [6, 6.07) is 5.92. The van der Waals surface area contributed by atoms with Crippen LogP contribution in [0.25, 0.3) is 0 Å². The molecule has 0 aromatic heterocycles. The summed E-state index contributed by atoms with van der Waals surface area (Å²) in [7, 11) is 0. The molecule has 2 heteroatoms. The molecule has 1 N–H and O–H groups in total. The Morgan fingerprint density at radius 1 is 1.42 bits per heavy atom. The van der Waals surface area contributed by atoms with Crippen molar-refractivity contribution < 1.29 is 5.11 Å². The number of rotatable bonds is 2. The number of aliphatic hydroxyl groups excluding tert-OH is 1. The Kier molecular flexibility index (Phi) is 3.29. The third-order valence-electron chi connectivity index (χ3n) is 1.71. The molecule has 0 heterocycles. The van der Waals surface area contributed by atoms with Crippen LogP contribution in [-0.4, -0.2) is 5.11 Å². The zero-order valence-corrected chi connectivity index (χ0v) is 8.85. The largest absolute Gasteiger partial charge is 0.382 e. The highest BCUT2D eigenvalue weighted by atomic mass is 79.9. The summed E-state index contributed by atoms with van der Waals surface area (Å²) in [6.07, 6.45) is 1.12. The van der Waals surface area contributed by atoms with Crippen molar-refractivity contribution in [3.63, 3.8) is 0 Å². The molecular weight excluding hydrogens is 216 g/mol. The van der Waals surface area contributed by atoms with Gasteiger partial charge in [0.2, 0.25) is 0 Å². The van der Waals surface area contributed by atoms with Crippen molar-refractivity contribution in [2.24, 2.45) is 0 Å². The van der Waals surface area contributed by atoms with Gasteiger partial charge in [0, 0.05) is 4.47 Å². The van der Waals surface area contributed by atoms with Crippen LogP contribution in [0, 0.1) is 13.0 Å². The van der Waals surface area contributed by atoms with Gasteiger partial charge in [-0.3, -0.25) is 0 Å². The van der Waals surface area contributed by atoms with Gasteiger partial charge in [-0.2, -0.15) is 0 Å². The fraction of sp³-hybridized carbons (Fsp3) is 0.300. The highest BCUT2D eigenvalue weighted by Gasteiger charge is 2.06. The SMILES string of the molecule is CC[C](O)c1cc(C)cc(Br)c1. The van der Waals surface area contributed by atoms with Crippen LogP contribution < -0.4 is 0 Å². The Balaban J connectivity index is 3.00. The number of aliphatic hydroxyl groups is 1. The van der Waals surface area contributed by atoms with E-state index in [1.807, 2.05) is 32.0 Å². The minimum absolute atomic E-state index is 0.444. The van der Waals surface area contributed by atoms with Gasteiger partial charge in [-0.15, -0.1) is 0 Å². The lowest BCUT2D eigenvalue weighted by atomic mass is 10.1. The summed E-state index contributed by atoms with van der Waals surface area (Å²) in [5.74, 6) is 0. The van der Waals surface area contributed by atoms with Crippen LogP contribution >= 0.6 is 15.9 Å². The summed E-state index contributed by atoms with van der Waals surface area (Å²) in [5.41, 5.74) is 2.06. The van der Waals surface area contributed by atoms with E-state index in [1.54, 1.807) is 0 Å². The van der Waals surface area contributed by atoms with Gasteiger partial charge in [-0.25, -0.2) is 0 Å². The maximum atomic E-state index is 9.47. The smallest absolute Gasteiger partial charge is 0.122 e. The Hall–Kier alpha value is -0.340. The van der Waals surface area contributed by atoms with Crippen LogP contribution in [0.15, 0.2) is 22.7 Å². The molecular formula is C10H12BrO. The summed E-state index contributed by atoms with van der Waals surface area (Å²) < 4.78 is 1.01. The lowest BCUT2D eigenvalue weighted by Crippen LogP contribution is -1.96. The van der Waals surface area contributed by atoms with E-state index in [2.05, 4.69) is 15.9 Å². The van der Waals surface area contributed by atoms with Crippen molar-refractivity contribution in [3.05, 3.63) is 39.9 Å². The van der Waals surface area contributed by atoms with E-state index in [0.29, 0.717) is 12.5 Å². The third kappa shape index (κ3) is 2.32. The molecule has 12 heavy (non-hydrogen) atoms. The summed E-state index contributed by atoms with van der Waals surface area (Å²) in [4.78, 5) is 0. The van der Waals surface area contributed by atoms with E-state index in [-0.39, 0.29) is 0 Å². The zero-order valence-electron chi connectivity index (χ0n) is 7.26. The van der Waals surface area contributed by atoms with Gasteiger partial charge in [-0.05, 0) is 36.6 Å². The van der Waals surface area contributed by atoms with Crippen molar-refractivity contribution >= 4 is 15.9 Å². The second-order valence-electron chi connectivity index (χ2n) is 2.82. The van der Waals surface area contributed by atoms with Crippen molar-refractivity contribution in [2.45, 2.75) is 20.3 Å². The molecule has 1 radical (unpaired) electrons. The van der Waals surface area contributed by atoms with Crippen molar-refractivity contribution in [3.8, 4) is 0 Å². The predicted octanol–water partition coefficient (Wildman–Crippen LogP) is 3.42. The molecule has 1 aromatic rings. The number of benzene rings is 1. The van der Waals surface area contributed by atoms with Crippen molar-refractivity contribution in [1.82, 2.24) is 0 Å². The molecule has 0 bridgehead atoms. The maximum absolute atomic E-state index is 9.47. The topological polar surface area (TPSA) is 20.2 Å². The molecule has 0 amide bonds. The molecule has 0 saturated carbocycles. The van der Waals surface area contributed by atoms with Crippen molar-refractivity contribution in [1.29, 1.82) is 0 Å². The van der Waals surface area contributed by atoms with Crippen LogP contribution in [-0.2, 0) is 0 Å². The van der Waals surface area contributed by atoms with Crippen LogP contribution in [0.5, 0.6) is 0 Å². The quantitative estimate of drug-likeness (QED) is 0.822. The minimum Gasteiger partial charge on any atom is -0.382 e. The van der Waals surface area contributed by atoms with Crippen LogP contribution in [0.1, 0.15) is 24.5 Å². The number of hydrogen-bond acceptors (Lipinski definition) is 1. The molecule has 0 unspecified atom stereocenters. The molecule has 0 atom stereocenters. The second-order valence-corrected chi connectivity index (χ2v) is 3.73. The zero-order chi connectivity index (χ0) is 9.14. The van der Waals surface area contributed by atoms with Gasteiger partial charge in [0.1, 0.15) is 6.10 Å². The van der Waals surface area contributed by atoms with E-state index in [9.17, 15) is 5.11 Å². The molecule has 65 valence electrons. The number of halogens is 1. The summed E-state index contributed by atoms with van der Waals surface area (Å²) in [5, 5.41) is 9.47. The third-order valence-corrected chi connectivity index (χ3v) is 2.17. The molecule has 0 fully saturated rings. The maximum Gasteiger partial charge on any atom is 0.122 e. The fourth-order valence-corrected chi connectivity index (χ4v) is 1.71. The van der Waals surface area contributed by atoms with Gasteiger partial charge in [0.05, 0.1) is 0 Å². The van der Waals surface area contributed by atoms with E-state index in [0.717, 1.165) is 15.6 Å². The van der Waals surface area contributed by atoms with Crippen LogP contribution in [0.3, 0.4) is 0 Å². The van der Waals surface area contributed by atoms with Gasteiger partial charge in [-0.1, -0.05) is 28.9 Å². The first-order valence-electron chi connectivity index (χ1n) is 3.96. The lowest BCUT2D eigenvalue weighted by Gasteiger charge is -2.07. The molecule has 1 rings (SSSR count). The highest BCUT2D eigenvalue weighted by molar-refractivity contribution is 9.10. The van der Waals surface area contributed by atoms with Gasteiger partial charge >= 0.3 is 0 Å². The molecule has 0 saturated heterocycles. The molecule has 1 nitrogen and oxygen atoms in total. The van der Waals surface area contributed by atoms with Gasteiger partial charge in [0.15, 0.2) is 0 Å². The second kappa shape index (κ2) is 4.06. The average Bonchev–Trinajstić information content (AvgIpc) is 2.01. The predicted molar refractivity (Wildman–Crippen MR) is 53.5 cm³/mol. The van der Waals surface area contributed by atoms with E-state index in [4.69, 9.17) is 0 Å². The molecule has 0 aliphatic heterocycles. The summed E-state index contributed by atoms with van der Waals surface area (Å²) >= 11 is 3.39. The van der Waals surface area contributed by atoms with E-state index < -0.39 is 0 Å². The van der Waals surface area contributed by atoms with Gasteiger partial charge < -0.3 is 5.11 Å². The standard InChI is InChI=1S/C10H12BrO/c1-3-10(12)8-4-7(2)5-9(11)6-8/h4-6,12H,3H2,1-2H3. The first-order chi connectivity index (χ1) is 5.63. The van der Waals surface area contributed by atoms with Crippen molar-refractivity contribution in [2.75, 3.05) is 0 Å². The molecule has 0 aliphatic rings. The summed E-state index contributed by atoms with van der Waals surface area (Å²) in [6.45, 7) is 3.95. The Bertz CT molecular complexity index is 250. The Morgan fingerprint density at radius 2 is 2.08 bits per heavy atom. The first kappa shape index (κ1) is 9.75. The Morgan fingerprint density at radius 3 is 2.58 bits per heavy atom. The first-order valence-corrected chi connectivity index (χ1v) is 4.75. The monoisotopic (exact) mass is 227 g/mol. The molecule has 0 aliphatic carbocycles. The number of aryl methyl sites for hydroxylation is 1. The van der Waals surface area contributed by atoms with Gasteiger partial charge in [0.25, 0.3) is 0 Å². The van der Waals surface area contributed by atoms with E-state index in [1.165, 1.54) is 0 Å². The van der Waals surface area contributed by atoms with Crippen LogP contribution in [0.2, 0.25) is 0 Å². The molecule has 1 aromatic carbocycles. The highest BCUT2D eigenvalue weighted by Crippen LogP contribution is 2.21. The fourth-order valence-electron chi connectivity index (χ4n) is 1.11. The Labute approximate surface area is 81.6 Å². The number of hydrogen-bond donors (Lipinski definition) is 1. The normalized spacial score (nSPS) is 10.8. The van der Waals surface area contributed by atoms with E-state index >= 15 is 0 Å². The average molecular weight is 228 g/mol. The lowest BCUT2D eigenvalue weighted by molar-refractivity contribution is 0.318. The van der Waals surface area contributed by atoms with Crippen LogP contribution in [0.4, 0.5) is 0 Å².